The molecule has 0 unspecified atom stereocenters. The fraction of sp³-hybridized carbons (Fsp3) is 0.0870. The highest BCUT2D eigenvalue weighted by atomic mass is 19.1. The Labute approximate surface area is 160 Å². The summed E-state index contributed by atoms with van der Waals surface area (Å²) in [7, 11) is 0. The monoisotopic (exact) mass is 378 g/mol. The first kappa shape index (κ1) is 17.9. The molecule has 0 aromatic heterocycles. The van der Waals surface area contributed by atoms with Gasteiger partial charge in [0.25, 0.3) is 0 Å². The SMILES string of the molecule is Cc1c(OCc2ccc(F)cc2)ccc2c1O/C(=C\c1cccc(F)c1)C2=O. The van der Waals surface area contributed by atoms with Crippen LogP contribution in [0.2, 0.25) is 0 Å². The van der Waals surface area contributed by atoms with E-state index in [0.29, 0.717) is 28.2 Å². The van der Waals surface area contributed by atoms with Gasteiger partial charge in [0.15, 0.2) is 5.76 Å². The van der Waals surface area contributed by atoms with Crippen molar-refractivity contribution in [2.45, 2.75) is 13.5 Å². The molecule has 0 aliphatic carbocycles. The van der Waals surface area contributed by atoms with Crippen LogP contribution in [0, 0.1) is 18.6 Å². The van der Waals surface area contributed by atoms with Crippen LogP contribution in [-0.4, -0.2) is 5.78 Å². The Balaban J connectivity index is 1.57. The second-order valence-corrected chi connectivity index (χ2v) is 6.48. The van der Waals surface area contributed by atoms with Crippen molar-refractivity contribution in [3.8, 4) is 11.5 Å². The van der Waals surface area contributed by atoms with E-state index in [-0.39, 0.29) is 29.8 Å². The van der Waals surface area contributed by atoms with Crippen LogP contribution in [-0.2, 0) is 6.61 Å². The third kappa shape index (κ3) is 3.51. The van der Waals surface area contributed by atoms with Gasteiger partial charge in [0.05, 0.1) is 5.56 Å². The van der Waals surface area contributed by atoms with E-state index in [2.05, 4.69) is 0 Å². The van der Waals surface area contributed by atoms with Gasteiger partial charge in [-0.05, 0) is 60.5 Å². The van der Waals surface area contributed by atoms with Gasteiger partial charge < -0.3 is 9.47 Å². The predicted molar refractivity (Wildman–Crippen MR) is 101 cm³/mol. The molecule has 0 bridgehead atoms. The van der Waals surface area contributed by atoms with Gasteiger partial charge in [-0.2, -0.15) is 0 Å². The van der Waals surface area contributed by atoms with E-state index < -0.39 is 0 Å². The number of hydrogen-bond donors (Lipinski definition) is 0. The number of ether oxygens (including phenoxy) is 2. The molecule has 1 aliphatic rings. The van der Waals surface area contributed by atoms with Crippen molar-refractivity contribution in [2.24, 2.45) is 0 Å². The van der Waals surface area contributed by atoms with Gasteiger partial charge >= 0.3 is 0 Å². The lowest BCUT2D eigenvalue weighted by atomic mass is 10.1. The van der Waals surface area contributed by atoms with Crippen molar-refractivity contribution in [3.05, 3.63) is 100 Å². The zero-order valence-corrected chi connectivity index (χ0v) is 15.0. The molecule has 1 heterocycles. The Kier molecular flexibility index (Phi) is 4.65. The van der Waals surface area contributed by atoms with Gasteiger partial charge in [-0.3, -0.25) is 4.79 Å². The maximum atomic E-state index is 13.4. The number of ketones is 1. The minimum atomic E-state index is -0.384. The van der Waals surface area contributed by atoms with Crippen molar-refractivity contribution in [2.75, 3.05) is 0 Å². The van der Waals surface area contributed by atoms with E-state index in [4.69, 9.17) is 9.47 Å². The number of carbonyl (C=O) groups is 1. The minimum absolute atomic E-state index is 0.138. The van der Waals surface area contributed by atoms with E-state index in [0.717, 1.165) is 5.56 Å². The van der Waals surface area contributed by atoms with Gasteiger partial charge in [0.1, 0.15) is 29.7 Å². The van der Waals surface area contributed by atoms with Gasteiger partial charge in [-0.25, -0.2) is 8.78 Å². The summed E-state index contributed by atoms with van der Waals surface area (Å²) in [5.74, 6) is 0.200. The number of fused-ring (bicyclic) bond motifs is 1. The molecule has 3 aromatic rings. The summed E-state index contributed by atoms with van der Waals surface area (Å²) in [6, 6.07) is 15.3. The molecule has 140 valence electrons. The first-order chi connectivity index (χ1) is 13.5. The number of Topliss-reactive ketones (excluding diaryl/α,β-unsaturated/α-hetero) is 1. The maximum absolute atomic E-state index is 13.4. The van der Waals surface area contributed by atoms with Crippen LogP contribution in [0.25, 0.3) is 6.08 Å². The molecule has 0 atom stereocenters. The molecule has 3 aromatic carbocycles. The molecular weight excluding hydrogens is 362 g/mol. The van der Waals surface area contributed by atoms with E-state index >= 15 is 0 Å². The maximum Gasteiger partial charge on any atom is 0.231 e. The van der Waals surface area contributed by atoms with E-state index in [1.54, 1.807) is 43.3 Å². The average molecular weight is 378 g/mol. The van der Waals surface area contributed by atoms with Crippen LogP contribution in [0.4, 0.5) is 8.78 Å². The minimum Gasteiger partial charge on any atom is -0.488 e. The topological polar surface area (TPSA) is 35.5 Å². The number of rotatable bonds is 4. The van der Waals surface area contributed by atoms with Crippen LogP contribution in [0.3, 0.4) is 0 Å². The number of allylic oxidation sites excluding steroid dienone is 1. The Morgan fingerprint density at radius 2 is 1.79 bits per heavy atom. The summed E-state index contributed by atoms with van der Waals surface area (Å²) >= 11 is 0. The third-order valence-electron chi connectivity index (χ3n) is 4.49. The van der Waals surface area contributed by atoms with Crippen molar-refractivity contribution in [1.82, 2.24) is 0 Å². The number of benzene rings is 3. The second kappa shape index (κ2) is 7.27. The summed E-state index contributed by atoms with van der Waals surface area (Å²) < 4.78 is 37.9. The Bertz CT molecular complexity index is 1090. The predicted octanol–water partition coefficient (Wildman–Crippen LogP) is 5.47. The van der Waals surface area contributed by atoms with Gasteiger partial charge in [-0.15, -0.1) is 0 Å². The lowest BCUT2D eigenvalue weighted by Gasteiger charge is -2.11. The molecule has 28 heavy (non-hydrogen) atoms. The van der Waals surface area contributed by atoms with E-state index in [1.165, 1.54) is 30.3 Å². The lowest BCUT2D eigenvalue weighted by Crippen LogP contribution is -1.98. The smallest absolute Gasteiger partial charge is 0.231 e. The molecule has 0 saturated heterocycles. The van der Waals surface area contributed by atoms with E-state index in [9.17, 15) is 13.6 Å². The summed E-state index contributed by atoms with van der Waals surface area (Å²) in [6.45, 7) is 2.07. The molecule has 0 amide bonds. The molecule has 3 nitrogen and oxygen atoms in total. The van der Waals surface area contributed by atoms with Crippen LogP contribution in [0.15, 0.2) is 66.4 Å². The highest BCUT2D eigenvalue weighted by molar-refractivity contribution is 6.14. The highest BCUT2D eigenvalue weighted by Gasteiger charge is 2.30. The van der Waals surface area contributed by atoms with Crippen LogP contribution < -0.4 is 9.47 Å². The molecule has 0 spiro atoms. The van der Waals surface area contributed by atoms with Gasteiger partial charge in [0, 0.05) is 5.56 Å². The van der Waals surface area contributed by atoms with Crippen molar-refractivity contribution in [3.63, 3.8) is 0 Å². The molecule has 0 fully saturated rings. The molecule has 0 N–H and O–H groups in total. The van der Waals surface area contributed by atoms with Crippen LogP contribution in [0.5, 0.6) is 11.5 Å². The highest BCUT2D eigenvalue weighted by Crippen LogP contribution is 2.39. The Hall–Kier alpha value is -3.47. The van der Waals surface area contributed by atoms with Crippen molar-refractivity contribution < 1.29 is 23.0 Å². The number of halogens is 2. The van der Waals surface area contributed by atoms with Crippen LogP contribution in [0.1, 0.15) is 27.0 Å². The normalized spacial score (nSPS) is 14.1. The molecule has 4 rings (SSSR count). The fourth-order valence-corrected chi connectivity index (χ4v) is 3.01. The number of hydrogen-bond acceptors (Lipinski definition) is 3. The molecule has 5 heteroatoms. The van der Waals surface area contributed by atoms with Gasteiger partial charge in [0.2, 0.25) is 5.78 Å². The zero-order valence-electron chi connectivity index (χ0n) is 15.0. The Morgan fingerprint density at radius 1 is 1.00 bits per heavy atom. The third-order valence-corrected chi connectivity index (χ3v) is 4.49. The summed E-state index contributed by atoms with van der Waals surface area (Å²) in [5.41, 5.74) is 2.50. The standard InChI is InChI=1S/C23H16F2O3/c1-14-20(27-13-15-5-7-17(24)8-6-15)10-9-19-22(26)21(28-23(14)19)12-16-3-2-4-18(25)11-16/h2-12H,13H2,1H3/b21-12-. The summed E-state index contributed by atoms with van der Waals surface area (Å²) in [4.78, 5) is 12.6. The van der Waals surface area contributed by atoms with Gasteiger partial charge in [-0.1, -0.05) is 24.3 Å². The molecule has 0 saturated carbocycles. The quantitative estimate of drug-likeness (QED) is 0.565. The van der Waals surface area contributed by atoms with Crippen molar-refractivity contribution in [1.29, 1.82) is 0 Å². The largest absolute Gasteiger partial charge is 0.488 e. The fourth-order valence-electron chi connectivity index (χ4n) is 3.01. The average Bonchev–Trinajstić information content (AvgIpc) is 2.99. The molecule has 0 radical (unpaired) electrons. The molecule has 1 aliphatic heterocycles. The number of carbonyl (C=O) groups excluding carboxylic acids is 1. The lowest BCUT2D eigenvalue weighted by molar-refractivity contribution is 0.101. The van der Waals surface area contributed by atoms with Crippen molar-refractivity contribution >= 4 is 11.9 Å². The van der Waals surface area contributed by atoms with E-state index in [1.807, 2.05) is 0 Å². The first-order valence-electron chi connectivity index (χ1n) is 8.72. The molecular formula is C23H16F2O3. The van der Waals surface area contributed by atoms with Crippen LogP contribution >= 0.6 is 0 Å². The Morgan fingerprint density at radius 3 is 2.54 bits per heavy atom. The summed E-state index contributed by atoms with van der Waals surface area (Å²) in [5, 5.41) is 0. The summed E-state index contributed by atoms with van der Waals surface area (Å²) in [6.07, 6.45) is 1.52. The second-order valence-electron chi connectivity index (χ2n) is 6.48. The first-order valence-corrected chi connectivity index (χ1v) is 8.72. The zero-order chi connectivity index (χ0) is 19.7.